The van der Waals surface area contributed by atoms with Gasteiger partial charge in [-0.3, -0.25) is 9.10 Å². The molecule has 0 N–H and O–H groups in total. The van der Waals surface area contributed by atoms with Crippen molar-refractivity contribution < 1.29 is 32.2 Å². The highest BCUT2D eigenvalue weighted by Gasteiger charge is 2.44. The van der Waals surface area contributed by atoms with Gasteiger partial charge >= 0.3 is 5.97 Å². The molecule has 1 saturated carbocycles. The summed E-state index contributed by atoms with van der Waals surface area (Å²) in [5, 5.41) is 0. The Morgan fingerprint density at radius 2 is 1.86 bits per heavy atom. The number of methoxy groups -OCH3 is 1. The number of rotatable bonds is 8. The molecule has 0 aromatic heterocycles. The molecular weight excluding hydrogens is 482 g/mol. The summed E-state index contributed by atoms with van der Waals surface area (Å²) in [6.45, 7) is 1.79. The largest absolute Gasteiger partial charge is 0.492 e. The standard InChI is InChI=1S/C27H31NO7S/c1-33-27(30)23-15-22(6-9-26(23)35-17-18-10-12-34-13-11-18)36(31,32)28-24(20-3-4-20)8-5-21-14-19(16-29)2-7-25(21)28/h2,6-7,9,14-16,18,20,24H,3-5,8,10-13,17H2,1H3. The third-order valence-electron chi connectivity index (χ3n) is 7.38. The first-order valence-electron chi connectivity index (χ1n) is 12.5. The Balaban J connectivity index is 1.50. The summed E-state index contributed by atoms with van der Waals surface area (Å²) in [5.41, 5.74) is 2.05. The second-order valence-electron chi connectivity index (χ2n) is 9.77. The molecule has 5 rings (SSSR count). The van der Waals surface area contributed by atoms with E-state index in [0.29, 0.717) is 55.1 Å². The molecule has 36 heavy (non-hydrogen) atoms. The van der Waals surface area contributed by atoms with Crippen LogP contribution < -0.4 is 9.04 Å². The highest BCUT2D eigenvalue weighted by molar-refractivity contribution is 7.92. The van der Waals surface area contributed by atoms with Gasteiger partial charge in [0.2, 0.25) is 0 Å². The fourth-order valence-electron chi connectivity index (χ4n) is 5.21. The van der Waals surface area contributed by atoms with Gasteiger partial charge in [-0.2, -0.15) is 0 Å². The van der Waals surface area contributed by atoms with Crippen molar-refractivity contribution in [1.82, 2.24) is 0 Å². The van der Waals surface area contributed by atoms with Crippen LogP contribution in [0.15, 0.2) is 41.3 Å². The SMILES string of the molecule is COC(=O)c1cc(S(=O)(=O)N2c3ccc(C=O)cc3CCC2C2CC2)ccc1OCC1CCOCC1. The van der Waals surface area contributed by atoms with Crippen LogP contribution in [0.25, 0.3) is 0 Å². The third-order valence-corrected chi connectivity index (χ3v) is 9.22. The van der Waals surface area contributed by atoms with Gasteiger partial charge in [0, 0.05) is 24.8 Å². The molecule has 2 fully saturated rings. The van der Waals surface area contributed by atoms with E-state index in [2.05, 4.69) is 0 Å². The van der Waals surface area contributed by atoms with Crippen LogP contribution in [0.3, 0.4) is 0 Å². The van der Waals surface area contributed by atoms with Gasteiger partial charge in [-0.25, -0.2) is 13.2 Å². The Bertz CT molecular complexity index is 1250. The van der Waals surface area contributed by atoms with Crippen LogP contribution >= 0.6 is 0 Å². The maximum Gasteiger partial charge on any atom is 0.341 e. The minimum absolute atomic E-state index is 0.0132. The molecule has 1 saturated heterocycles. The zero-order valence-electron chi connectivity index (χ0n) is 20.4. The molecule has 2 heterocycles. The van der Waals surface area contributed by atoms with Gasteiger partial charge in [-0.15, -0.1) is 0 Å². The van der Waals surface area contributed by atoms with Crippen molar-refractivity contribution in [3.63, 3.8) is 0 Å². The lowest BCUT2D eigenvalue weighted by atomic mass is 9.94. The normalized spacial score (nSPS) is 20.5. The molecule has 2 aromatic rings. The molecule has 0 amide bonds. The number of sulfonamides is 1. The number of esters is 1. The molecule has 2 aromatic carbocycles. The van der Waals surface area contributed by atoms with Crippen LogP contribution in [0.5, 0.6) is 5.75 Å². The number of anilines is 1. The Morgan fingerprint density at radius 3 is 2.56 bits per heavy atom. The number of hydrogen-bond donors (Lipinski definition) is 0. The van der Waals surface area contributed by atoms with E-state index in [4.69, 9.17) is 14.2 Å². The highest BCUT2D eigenvalue weighted by atomic mass is 32.2. The van der Waals surface area contributed by atoms with Crippen LogP contribution in [0.1, 0.15) is 58.4 Å². The predicted octanol–water partition coefficient (Wildman–Crippen LogP) is 4.01. The summed E-state index contributed by atoms with van der Waals surface area (Å²) in [6.07, 6.45) is 5.92. The smallest absolute Gasteiger partial charge is 0.341 e. The Morgan fingerprint density at radius 1 is 1.08 bits per heavy atom. The van der Waals surface area contributed by atoms with Crippen LogP contribution in [0.2, 0.25) is 0 Å². The molecular formula is C27H31NO7S. The molecule has 9 heteroatoms. The third kappa shape index (κ3) is 4.86. The number of ether oxygens (including phenoxy) is 3. The van der Waals surface area contributed by atoms with Gasteiger partial charge in [-0.1, -0.05) is 0 Å². The molecule has 3 aliphatic rings. The van der Waals surface area contributed by atoms with Crippen molar-refractivity contribution in [3.05, 3.63) is 53.1 Å². The van der Waals surface area contributed by atoms with Gasteiger partial charge in [-0.05, 0) is 92.3 Å². The van der Waals surface area contributed by atoms with E-state index in [1.807, 2.05) is 0 Å². The van der Waals surface area contributed by atoms with Crippen LogP contribution in [0.4, 0.5) is 5.69 Å². The van der Waals surface area contributed by atoms with Crippen molar-refractivity contribution in [2.24, 2.45) is 11.8 Å². The number of carbonyl (C=O) groups is 2. The lowest BCUT2D eigenvalue weighted by Gasteiger charge is -2.38. The average molecular weight is 514 g/mol. The fraction of sp³-hybridized carbons (Fsp3) is 0.481. The number of fused-ring (bicyclic) bond motifs is 1. The second-order valence-corrected chi connectivity index (χ2v) is 11.6. The molecule has 0 spiro atoms. The number of nitrogens with zero attached hydrogens (tertiary/aromatic N) is 1. The fourth-order valence-corrected chi connectivity index (χ4v) is 7.01. The maximum atomic E-state index is 14.1. The van der Waals surface area contributed by atoms with Crippen molar-refractivity contribution >= 4 is 28.0 Å². The first kappa shape index (κ1) is 24.8. The van der Waals surface area contributed by atoms with Crippen molar-refractivity contribution in [3.8, 4) is 5.75 Å². The molecule has 0 radical (unpaired) electrons. The van der Waals surface area contributed by atoms with E-state index in [0.717, 1.165) is 44.0 Å². The van der Waals surface area contributed by atoms with Gasteiger partial charge in [0.05, 0.1) is 24.3 Å². The van der Waals surface area contributed by atoms with Crippen LogP contribution in [0, 0.1) is 11.8 Å². The molecule has 1 unspecified atom stereocenters. The van der Waals surface area contributed by atoms with E-state index >= 15 is 0 Å². The molecule has 2 aliphatic heterocycles. The number of aryl methyl sites for hydroxylation is 1. The van der Waals surface area contributed by atoms with Crippen LogP contribution in [-0.4, -0.2) is 53.6 Å². The van der Waals surface area contributed by atoms with Gasteiger partial charge in [0.15, 0.2) is 0 Å². The lowest BCUT2D eigenvalue weighted by molar-refractivity contribution is 0.0483. The average Bonchev–Trinajstić information content (AvgIpc) is 3.76. The molecule has 192 valence electrons. The zero-order chi connectivity index (χ0) is 25.3. The highest BCUT2D eigenvalue weighted by Crippen LogP contribution is 2.45. The summed E-state index contributed by atoms with van der Waals surface area (Å²) in [6, 6.07) is 9.38. The van der Waals surface area contributed by atoms with E-state index in [-0.39, 0.29) is 16.5 Å². The van der Waals surface area contributed by atoms with E-state index in [1.165, 1.54) is 23.5 Å². The van der Waals surface area contributed by atoms with Gasteiger partial charge in [0.1, 0.15) is 17.6 Å². The topological polar surface area (TPSA) is 99.2 Å². The second kappa shape index (κ2) is 10.2. The summed E-state index contributed by atoms with van der Waals surface area (Å²) in [5.74, 6) is 0.275. The van der Waals surface area contributed by atoms with E-state index in [1.54, 1.807) is 24.3 Å². The minimum atomic E-state index is -4.00. The minimum Gasteiger partial charge on any atom is -0.492 e. The van der Waals surface area contributed by atoms with Crippen molar-refractivity contribution in [1.29, 1.82) is 0 Å². The number of aldehydes is 1. The molecule has 0 bridgehead atoms. The van der Waals surface area contributed by atoms with E-state index < -0.39 is 16.0 Å². The summed E-state index contributed by atoms with van der Waals surface area (Å²) >= 11 is 0. The summed E-state index contributed by atoms with van der Waals surface area (Å²) in [4.78, 5) is 23.9. The molecule has 1 atom stereocenters. The van der Waals surface area contributed by atoms with Crippen molar-refractivity contribution in [2.45, 2.75) is 49.5 Å². The monoisotopic (exact) mass is 513 g/mol. The Hall–Kier alpha value is -2.91. The van der Waals surface area contributed by atoms with E-state index in [9.17, 15) is 18.0 Å². The zero-order valence-corrected chi connectivity index (χ0v) is 21.2. The molecule has 1 aliphatic carbocycles. The maximum absolute atomic E-state index is 14.1. The summed E-state index contributed by atoms with van der Waals surface area (Å²) in [7, 11) is -2.74. The Kier molecular flexibility index (Phi) is 7.03. The number of hydrogen-bond acceptors (Lipinski definition) is 7. The quantitative estimate of drug-likeness (QED) is 0.388. The number of carbonyl (C=O) groups excluding carboxylic acids is 2. The first-order valence-corrected chi connectivity index (χ1v) is 13.9. The lowest BCUT2D eigenvalue weighted by Crippen LogP contribution is -2.45. The first-order chi connectivity index (χ1) is 17.4. The van der Waals surface area contributed by atoms with Crippen LogP contribution in [-0.2, 0) is 25.9 Å². The Labute approximate surface area is 211 Å². The van der Waals surface area contributed by atoms with Crippen molar-refractivity contribution in [2.75, 3.05) is 31.2 Å². The van der Waals surface area contributed by atoms with Gasteiger partial charge < -0.3 is 14.2 Å². The van der Waals surface area contributed by atoms with Gasteiger partial charge in [0.25, 0.3) is 10.0 Å². The number of benzene rings is 2. The predicted molar refractivity (Wildman–Crippen MR) is 133 cm³/mol. The summed E-state index contributed by atoms with van der Waals surface area (Å²) < 4.78 is 46.0. The molecule has 8 nitrogen and oxygen atoms in total.